The number of amides is 2. The van der Waals surface area contributed by atoms with E-state index in [0.29, 0.717) is 18.3 Å². The number of para-hydroxylation sites is 1. The largest absolute Gasteiger partial charge is 0.337 e. The molecule has 1 aromatic heterocycles. The summed E-state index contributed by atoms with van der Waals surface area (Å²) in [4.78, 5) is 19.3. The second-order valence-electron chi connectivity index (χ2n) is 6.77. The molecule has 1 aliphatic rings. The number of carbonyl (C=O) groups is 1. The molecule has 0 radical (unpaired) electrons. The highest BCUT2D eigenvalue weighted by Crippen LogP contribution is 2.31. The highest BCUT2D eigenvalue weighted by atomic mass is 16.5. The van der Waals surface area contributed by atoms with Crippen LogP contribution in [0.3, 0.4) is 0 Å². The van der Waals surface area contributed by atoms with Crippen LogP contribution in [-0.4, -0.2) is 27.6 Å². The van der Waals surface area contributed by atoms with Crippen LogP contribution in [0.5, 0.6) is 0 Å². The first-order chi connectivity index (χ1) is 13.2. The standard InChI is InChI=1S/C21H22N4O2/c1-15-9-5-6-12-17(15)22-21(26)25-14-8-7-13-18(25)20-23-19(24-27-20)16-10-3-2-4-11-16/h2-6,9-12,18H,7-8,13-14H2,1H3,(H,22,26)/t18-/m0/s1. The number of anilines is 1. The summed E-state index contributed by atoms with van der Waals surface area (Å²) in [5.74, 6) is 1.05. The maximum Gasteiger partial charge on any atom is 0.322 e. The number of aryl methyl sites for hydroxylation is 1. The predicted octanol–water partition coefficient (Wildman–Crippen LogP) is 4.80. The van der Waals surface area contributed by atoms with E-state index < -0.39 is 0 Å². The molecule has 0 aliphatic carbocycles. The van der Waals surface area contributed by atoms with Crippen molar-refractivity contribution >= 4 is 11.7 Å². The molecule has 27 heavy (non-hydrogen) atoms. The van der Waals surface area contributed by atoms with Crippen LogP contribution in [0.2, 0.25) is 0 Å². The summed E-state index contributed by atoms with van der Waals surface area (Å²) in [5, 5.41) is 7.12. The monoisotopic (exact) mass is 362 g/mol. The number of aromatic nitrogens is 2. The number of urea groups is 1. The van der Waals surface area contributed by atoms with Gasteiger partial charge in [0.1, 0.15) is 6.04 Å². The number of carbonyl (C=O) groups excluding carboxylic acids is 1. The fraction of sp³-hybridized carbons (Fsp3) is 0.286. The third-order valence-electron chi connectivity index (χ3n) is 4.91. The fourth-order valence-electron chi connectivity index (χ4n) is 3.41. The minimum Gasteiger partial charge on any atom is -0.337 e. The normalized spacial score (nSPS) is 16.9. The van der Waals surface area contributed by atoms with Gasteiger partial charge in [0.05, 0.1) is 0 Å². The van der Waals surface area contributed by atoms with E-state index in [2.05, 4.69) is 15.5 Å². The van der Waals surface area contributed by atoms with E-state index >= 15 is 0 Å². The number of benzene rings is 2. The minimum atomic E-state index is -0.201. The van der Waals surface area contributed by atoms with Crippen molar-refractivity contribution in [3.8, 4) is 11.4 Å². The average molecular weight is 362 g/mol. The van der Waals surface area contributed by atoms with Crippen molar-refractivity contribution in [3.63, 3.8) is 0 Å². The summed E-state index contributed by atoms with van der Waals surface area (Å²) in [6.45, 7) is 2.65. The van der Waals surface area contributed by atoms with Crippen LogP contribution < -0.4 is 5.32 Å². The Hall–Kier alpha value is -3.15. The molecular formula is C21H22N4O2. The number of hydrogen-bond donors (Lipinski definition) is 1. The highest BCUT2D eigenvalue weighted by Gasteiger charge is 2.32. The van der Waals surface area contributed by atoms with Crippen LogP contribution in [0.25, 0.3) is 11.4 Å². The molecule has 4 rings (SSSR count). The van der Waals surface area contributed by atoms with Gasteiger partial charge in [-0.25, -0.2) is 4.79 Å². The Labute approximate surface area is 158 Å². The SMILES string of the molecule is Cc1ccccc1NC(=O)N1CCCC[C@H]1c1nc(-c2ccccc2)no1. The van der Waals surface area contributed by atoms with Crippen LogP contribution in [0.15, 0.2) is 59.1 Å². The van der Waals surface area contributed by atoms with E-state index in [1.165, 1.54) is 0 Å². The van der Waals surface area contributed by atoms with Gasteiger partial charge in [-0.15, -0.1) is 0 Å². The quantitative estimate of drug-likeness (QED) is 0.726. The van der Waals surface area contributed by atoms with Crippen molar-refractivity contribution in [1.82, 2.24) is 15.0 Å². The van der Waals surface area contributed by atoms with Gasteiger partial charge < -0.3 is 14.7 Å². The molecule has 0 unspecified atom stereocenters. The van der Waals surface area contributed by atoms with E-state index in [0.717, 1.165) is 36.1 Å². The molecule has 0 spiro atoms. The third kappa shape index (κ3) is 3.69. The Morgan fingerprint density at radius 3 is 2.70 bits per heavy atom. The van der Waals surface area contributed by atoms with E-state index in [-0.39, 0.29) is 12.1 Å². The summed E-state index contributed by atoms with van der Waals surface area (Å²) in [5.41, 5.74) is 2.75. The van der Waals surface area contributed by atoms with Crippen molar-refractivity contribution in [1.29, 1.82) is 0 Å². The van der Waals surface area contributed by atoms with E-state index in [1.54, 1.807) is 4.90 Å². The lowest BCUT2D eigenvalue weighted by Gasteiger charge is -2.33. The van der Waals surface area contributed by atoms with Gasteiger partial charge in [0.2, 0.25) is 11.7 Å². The lowest BCUT2D eigenvalue weighted by molar-refractivity contribution is 0.142. The number of hydrogen-bond acceptors (Lipinski definition) is 4. The summed E-state index contributed by atoms with van der Waals surface area (Å²) >= 11 is 0. The molecule has 1 saturated heterocycles. The zero-order valence-electron chi connectivity index (χ0n) is 15.3. The van der Waals surface area contributed by atoms with Crippen molar-refractivity contribution < 1.29 is 9.32 Å². The molecule has 138 valence electrons. The van der Waals surface area contributed by atoms with Gasteiger partial charge in [-0.1, -0.05) is 53.7 Å². The zero-order chi connectivity index (χ0) is 18.6. The van der Waals surface area contributed by atoms with E-state index in [4.69, 9.17) is 4.52 Å². The summed E-state index contributed by atoms with van der Waals surface area (Å²) in [6.07, 6.45) is 2.82. The molecule has 6 nitrogen and oxygen atoms in total. The topological polar surface area (TPSA) is 71.3 Å². The molecule has 2 aromatic carbocycles. The van der Waals surface area contributed by atoms with E-state index in [9.17, 15) is 4.79 Å². The smallest absolute Gasteiger partial charge is 0.322 e. The lowest BCUT2D eigenvalue weighted by Crippen LogP contribution is -2.41. The van der Waals surface area contributed by atoms with Crippen molar-refractivity contribution in [2.45, 2.75) is 32.2 Å². The fourth-order valence-corrected chi connectivity index (χ4v) is 3.41. The Balaban J connectivity index is 1.55. The average Bonchev–Trinajstić information content (AvgIpc) is 3.20. The van der Waals surface area contributed by atoms with Crippen molar-refractivity contribution in [2.24, 2.45) is 0 Å². The molecule has 6 heteroatoms. The maximum atomic E-state index is 12.9. The number of likely N-dealkylation sites (tertiary alicyclic amines) is 1. The third-order valence-corrected chi connectivity index (χ3v) is 4.91. The van der Waals surface area contributed by atoms with E-state index in [1.807, 2.05) is 61.5 Å². The number of rotatable bonds is 3. The second-order valence-corrected chi connectivity index (χ2v) is 6.77. The van der Waals surface area contributed by atoms with Crippen LogP contribution in [0, 0.1) is 6.92 Å². The molecular weight excluding hydrogens is 340 g/mol. The molecule has 1 N–H and O–H groups in total. The minimum absolute atomic E-state index is 0.131. The first-order valence-corrected chi connectivity index (χ1v) is 9.24. The van der Waals surface area contributed by atoms with Gasteiger partial charge in [0, 0.05) is 17.8 Å². The first-order valence-electron chi connectivity index (χ1n) is 9.24. The molecule has 3 aromatic rings. The molecule has 1 atom stereocenters. The predicted molar refractivity (Wildman–Crippen MR) is 103 cm³/mol. The Bertz CT molecular complexity index is 923. The van der Waals surface area contributed by atoms with Gasteiger partial charge in [0.15, 0.2) is 0 Å². The zero-order valence-corrected chi connectivity index (χ0v) is 15.3. The van der Waals surface area contributed by atoms with Crippen molar-refractivity contribution in [3.05, 3.63) is 66.1 Å². The Morgan fingerprint density at radius 1 is 1.11 bits per heavy atom. The van der Waals surface area contributed by atoms with Crippen LogP contribution >= 0.6 is 0 Å². The molecule has 1 fully saturated rings. The van der Waals surface area contributed by atoms with Gasteiger partial charge in [-0.2, -0.15) is 4.98 Å². The van der Waals surface area contributed by atoms with Gasteiger partial charge in [-0.3, -0.25) is 0 Å². The molecule has 1 aliphatic heterocycles. The van der Waals surface area contributed by atoms with Gasteiger partial charge in [-0.05, 0) is 37.8 Å². The Kier molecular flexibility index (Phi) is 4.87. The number of nitrogens with one attached hydrogen (secondary N) is 1. The molecule has 2 heterocycles. The summed E-state index contributed by atoms with van der Waals surface area (Å²) in [6, 6.07) is 17.1. The maximum absolute atomic E-state index is 12.9. The lowest BCUT2D eigenvalue weighted by atomic mass is 10.0. The molecule has 2 amide bonds. The summed E-state index contributed by atoms with van der Waals surface area (Å²) in [7, 11) is 0. The van der Waals surface area contributed by atoms with Crippen molar-refractivity contribution in [2.75, 3.05) is 11.9 Å². The molecule has 0 saturated carbocycles. The second kappa shape index (κ2) is 7.61. The Morgan fingerprint density at radius 2 is 1.89 bits per heavy atom. The van der Waals surface area contributed by atoms with Crippen LogP contribution in [0.1, 0.15) is 36.8 Å². The molecule has 0 bridgehead atoms. The first kappa shape index (κ1) is 17.3. The van der Waals surface area contributed by atoms with Crippen LogP contribution in [-0.2, 0) is 0 Å². The number of piperidine rings is 1. The summed E-state index contributed by atoms with van der Waals surface area (Å²) < 4.78 is 5.53. The van der Waals surface area contributed by atoms with Crippen LogP contribution in [0.4, 0.5) is 10.5 Å². The van der Waals surface area contributed by atoms with Gasteiger partial charge >= 0.3 is 6.03 Å². The highest BCUT2D eigenvalue weighted by molar-refractivity contribution is 5.90. The number of nitrogens with zero attached hydrogens (tertiary/aromatic N) is 3. The van der Waals surface area contributed by atoms with Gasteiger partial charge in [0.25, 0.3) is 0 Å².